The second-order valence-corrected chi connectivity index (χ2v) is 4.05. The van der Waals surface area contributed by atoms with E-state index in [1.54, 1.807) is 24.3 Å². The standard InChI is InChI=1S/C14H12F2N2O/c15-10-5-9(6-11(16)7-10)8-18-14(19)12-3-1-2-4-13(12)17/h1-7H,8,17H2,(H,18,19). The van der Waals surface area contributed by atoms with Gasteiger partial charge in [0.15, 0.2) is 0 Å². The molecule has 0 saturated carbocycles. The topological polar surface area (TPSA) is 55.1 Å². The zero-order chi connectivity index (χ0) is 13.8. The number of nitrogens with one attached hydrogen (secondary N) is 1. The summed E-state index contributed by atoms with van der Waals surface area (Å²) < 4.78 is 25.9. The van der Waals surface area contributed by atoms with Gasteiger partial charge in [0.2, 0.25) is 0 Å². The summed E-state index contributed by atoms with van der Waals surface area (Å²) in [5.74, 6) is -1.74. The van der Waals surface area contributed by atoms with Gasteiger partial charge in [0.1, 0.15) is 11.6 Å². The number of nitrogens with two attached hydrogens (primary N) is 1. The predicted octanol–water partition coefficient (Wildman–Crippen LogP) is 2.48. The first-order valence-electron chi connectivity index (χ1n) is 5.64. The van der Waals surface area contributed by atoms with Crippen LogP contribution in [-0.2, 0) is 6.54 Å². The molecule has 0 aliphatic rings. The van der Waals surface area contributed by atoms with Gasteiger partial charge in [-0.2, -0.15) is 0 Å². The number of benzene rings is 2. The van der Waals surface area contributed by atoms with Crippen molar-refractivity contribution in [2.75, 3.05) is 5.73 Å². The Bertz CT molecular complexity index is 594. The molecule has 0 aliphatic carbocycles. The van der Waals surface area contributed by atoms with Crippen LogP contribution in [0.3, 0.4) is 0 Å². The van der Waals surface area contributed by atoms with Gasteiger partial charge in [0.05, 0.1) is 5.56 Å². The van der Waals surface area contributed by atoms with Crippen molar-refractivity contribution < 1.29 is 13.6 Å². The van der Waals surface area contributed by atoms with Gasteiger partial charge in [-0.25, -0.2) is 8.78 Å². The Morgan fingerprint density at radius 3 is 2.37 bits per heavy atom. The minimum absolute atomic E-state index is 0.0296. The van der Waals surface area contributed by atoms with Gasteiger partial charge >= 0.3 is 0 Å². The molecular weight excluding hydrogens is 250 g/mol. The van der Waals surface area contributed by atoms with Crippen LogP contribution in [0.2, 0.25) is 0 Å². The smallest absolute Gasteiger partial charge is 0.253 e. The summed E-state index contributed by atoms with van der Waals surface area (Å²) in [5, 5.41) is 2.56. The highest BCUT2D eigenvalue weighted by Crippen LogP contribution is 2.11. The fourth-order valence-corrected chi connectivity index (χ4v) is 1.69. The lowest BCUT2D eigenvalue weighted by molar-refractivity contribution is 0.0951. The number of rotatable bonds is 3. The largest absolute Gasteiger partial charge is 0.398 e. The lowest BCUT2D eigenvalue weighted by Crippen LogP contribution is -2.23. The maximum Gasteiger partial charge on any atom is 0.253 e. The van der Waals surface area contributed by atoms with Crippen molar-refractivity contribution in [2.24, 2.45) is 0 Å². The van der Waals surface area contributed by atoms with Crippen molar-refractivity contribution in [1.29, 1.82) is 0 Å². The fraction of sp³-hybridized carbons (Fsp3) is 0.0714. The molecular formula is C14H12F2N2O. The summed E-state index contributed by atoms with van der Waals surface area (Å²) in [7, 11) is 0. The highest BCUT2D eigenvalue weighted by molar-refractivity contribution is 5.98. The van der Waals surface area contributed by atoms with E-state index in [0.717, 1.165) is 18.2 Å². The highest BCUT2D eigenvalue weighted by Gasteiger charge is 2.09. The van der Waals surface area contributed by atoms with Gasteiger partial charge in [-0.15, -0.1) is 0 Å². The molecule has 1 amide bonds. The van der Waals surface area contributed by atoms with E-state index < -0.39 is 11.6 Å². The average molecular weight is 262 g/mol. The maximum absolute atomic E-state index is 13.0. The molecule has 98 valence electrons. The number of anilines is 1. The van der Waals surface area contributed by atoms with E-state index in [4.69, 9.17) is 5.73 Å². The third kappa shape index (κ3) is 3.28. The van der Waals surface area contributed by atoms with Crippen LogP contribution in [0.4, 0.5) is 14.5 Å². The minimum atomic E-state index is -0.677. The summed E-state index contributed by atoms with van der Waals surface area (Å²) in [6, 6.07) is 9.70. The fourth-order valence-electron chi connectivity index (χ4n) is 1.69. The molecule has 19 heavy (non-hydrogen) atoms. The first-order valence-corrected chi connectivity index (χ1v) is 5.64. The Morgan fingerprint density at radius 1 is 1.11 bits per heavy atom. The van der Waals surface area contributed by atoms with E-state index in [-0.39, 0.29) is 12.5 Å². The summed E-state index contributed by atoms with van der Waals surface area (Å²) in [5.41, 5.74) is 6.69. The quantitative estimate of drug-likeness (QED) is 0.835. The molecule has 3 N–H and O–H groups in total. The van der Waals surface area contributed by atoms with E-state index in [0.29, 0.717) is 16.8 Å². The van der Waals surface area contributed by atoms with E-state index in [1.165, 1.54) is 0 Å². The zero-order valence-corrected chi connectivity index (χ0v) is 9.99. The third-order valence-electron chi connectivity index (χ3n) is 2.58. The molecule has 5 heteroatoms. The van der Waals surface area contributed by atoms with Crippen LogP contribution in [-0.4, -0.2) is 5.91 Å². The predicted molar refractivity (Wildman–Crippen MR) is 68.4 cm³/mol. The van der Waals surface area contributed by atoms with Crippen molar-refractivity contribution in [2.45, 2.75) is 6.54 Å². The molecule has 2 rings (SSSR count). The third-order valence-corrected chi connectivity index (χ3v) is 2.58. The van der Waals surface area contributed by atoms with E-state index in [9.17, 15) is 13.6 Å². The number of amides is 1. The van der Waals surface area contributed by atoms with Crippen LogP contribution >= 0.6 is 0 Å². The van der Waals surface area contributed by atoms with Crippen molar-refractivity contribution in [1.82, 2.24) is 5.32 Å². The first-order chi connectivity index (χ1) is 9.06. The molecule has 0 radical (unpaired) electrons. The molecule has 0 atom stereocenters. The van der Waals surface area contributed by atoms with Gasteiger partial charge in [0, 0.05) is 18.3 Å². The number of halogens is 2. The average Bonchev–Trinajstić information content (AvgIpc) is 2.35. The van der Waals surface area contributed by atoms with Gasteiger partial charge in [-0.05, 0) is 29.8 Å². The van der Waals surface area contributed by atoms with Gasteiger partial charge in [0.25, 0.3) is 5.91 Å². The Morgan fingerprint density at radius 2 is 1.74 bits per heavy atom. The van der Waals surface area contributed by atoms with Gasteiger partial charge in [-0.1, -0.05) is 12.1 Å². The number of para-hydroxylation sites is 1. The van der Waals surface area contributed by atoms with Crippen molar-refractivity contribution >= 4 is 11.6 Å². The van der Waals surface area contributed by atoms with E-state index in [1.807, 2.05) is 0 Å². The Hall–Kier alpha value is -2.43. The van der Waals surface area contributed by atoms with Crippen LogP contribution in [0.1, 0.15) is 15.9 Å². The summed E-state index contributed by atoms with van der Waals surface area (Å²) in [4.78, 5) is 11.8. The van der Waals surface area contributed by atoms with Crippen LogP contribution in [0.15, 0.2) is 42.5 Å². The molecule has 0 unspecified atom stereocenters. The Labute approximate surface area is 109 Å². The molecule has 0 aromatic heterocycles. The van der Waals surface area contributed by atoms with Crippen LogP contribution in [0.25, 0.3) is 0 Å². The monoisotopic (exact) mass is 262 g/mol. The van der Waals surface area contributed by atoms with Gasteiger partial charge < -0.3 is 11.1 Å². The molecule has 2 aromatic rings. The zero-order valence-electron chi connectivity index (χ0n) is 9.99. The summed E-state index contributed by atoms with van der Waals surface area (Å²) >= 11 is 0. The number of hydrogen-bond acceptors (Lipinski definition) is 2. The lowest BCUT2D eigenvalue weighted by atomic mass is 10.1. The number of nitrogen functional groups attached to an aromatic ring is 1. The van der Waals surface area contributed by atoms with Crippen LogP contribution < -0.4 is 11.1 Å². The SMILES string of the molecule is Nc1ccccc1C(=O)NCc1cc(F)cc(F)c1. The van der Waals surface area contributed by atoms with E-state index in [2.05, 4.69) is 5.32 Å². The Balaban J connectivity index is 2.07. The number of hydrogen-bond donors (Lipinski definition) is 2. The normalized spacial score (nSPS) is 10.2. The summed E-state index contributed by atoms with van der Waals surface area (Å²) in [6.45, 7) is 0.0296. The molecule has 2 aromatic carbocycles. The number of carbonyl (C=O) groups excluding carboxylic acids is 1. The maximum atomic E-state index is 13.0. The molecule has 0 saturated heterocycles. The molecule has 0 spiro atoms. The Kier molecular flexibility index (Phi) is 3.75. The second kappa shape index (κ2) is 5.48. The van der Waals surface area contributed by atoms with Crippen molar-refractivity contribution in [3.63, 3.8) is 0 Å². The minimum Gasteiger partial charge on any atom is -0.398 e. The molecule has 0 fully saturated rings. The van der Waals surface area contributed by atoms with E-state index >= 15 is 0 Å². The molecule has 3 nitrogen and oxygen atoms in total. The summed E-state index contributed by atoms with van der Waals surface area (Å²) in [6.07, 6.45) is 0. The lowest BCUT2D eigenvalue weighted by Gasteiger charge is -2.07. The molecule has 0 aliphatic heterocycles. The van der Waals surface area contributed by atoms with Gasteiger partial charge in [-0.3, -0.25) is 4.79 Å². The number of carbonyl (C=O) groups is 1. The highest BCUT2D eigenvalue weighted by atomic mass is 19.1. The van der Waals surface area contributed by atoms with Crippen LogP contribution in [0.5, 0.6) is 0 Å². The van der Waals surface area contributed by atoms with Crippen LogP contribution in [0, 0.1) is 11.6 Å². The van der Waals surface area contributed by atoms with Crippen molar-refractivity contribution in [3.05, 3.63) is 65.2 Å². The van der Waals surface area contributed by atoms with Crippen molar-refractivity contribution in [3.8, 4) is 0 Å². The molecule has 0 heterocycles. The molecule has 0 bridgehead atoms. The first kappa shape index (κ1) is 13.0. The second-order valence-electron chi connectivity index (χ2n) is 4.05.